The molecule has 0 amide bonds. The van der Waals surface area contributed by atoms with Gasteiger partial charge in [-0.1, -0.05) is 11.6 Å². The molecule has 14 heavy (non-hydrogen) atoms. The molecule has 2 nitrogen and oxygen atoms in total. The van der Waals surface area contributed by atoms with Gasteiger partial charge in [-0.05, 0) is 42.6 Å². The van der Waals surface area contributed by atoms with Crippen molar-refractivity contribution in [2.75, 3.05) is 13.2 Å². The average molecular weight is 218 g/mol. The number of hydrogen-bond acceptors (Lipinski definition) is 2. The van der Waals surface area contributed by atoms with Crippen LogP contribution in [0.1, 0.15) is 5.56 Å². The van der Waals surface area contributed by atoms with Crippen LogP contribution in [-0.4, -0.2) is 18.3 Å². The summed E-state index contributed by atoms with van der Waals surface area (Å²) < 4.78 is 12.9. The minimum absolute atomic E-state index is 0.0106. The molecule has 4 heteroatoms. The third-order valence-electron chi connectivity index (χ3n) is 2.11. The van der Waals surface area contributed by atoms with Gasteiger partial charge in [-0.25, -0.2) is 4.39 Å². The highest BCUT2D eigenvalue weighted by Crippen LogP contribution is 2.20. The van der Waals surface area contributed by atoms with Gasteiger partial charge in [0, 0.05) is 11.6 Å². The van der Waals surface area contributed by atoms with Crippen molar-refractivity contribution in [3.05, 3.63) is 34.6 Å². The molecule has 3 N–H and O–H groups in total. The van der Waals surface area contributed by atoms with E-state index in [0.29, 0.717) is 23.6 Å². The summed E-state index contributed by atoms with van der Waals surface area (Å²) >= 11 is 5.87. The van der Waals surface area contributed by atoms with E-state index < -0.39 is 0 Å². The fraction of sp³-hybridized carbons (Fsp3) is 0.400. The first-order valence-corrected chi connectivity index (χ1v) is 4.80. The van der Waals surface area contributed by atoms with Gasteiger partial charge in [-0.3, -0.25) is 0 Å². The van der Waals surface area contributed by atoms with E-state index in [9.17, 15) is 4.39 Å². The predicted molar refractivity (Wildman–Crippen MR) is 54.7 cm³/mol. The smallest absolute Gasteiger partial charge is 0.123 e. The number of rotatable bonds is 4. The summed E-state index contributed by atoms with van der Waals surface area (Å²) in [5, 5.41) is 9.44. The number of hydrogen-bond donors (Lipinski definition) is 2. The molecule has 0 aliphatic heterocycles. The number of nitrogens with two attached hydrogens (primary N) is 1. The largest absolute Gasteiger partial charge is 0.396 e. The molecule has 78 valence electrons. The van der Waals surface area contributed by atoms with Gasteiger partial charge in [-0.15, -0.1) is 0 Å². The Bertz CT molecular complexity index is 302. The van der Waals surface area contributed by atoms with E-state index >= 15 is 0 Å². The molecule has 0 saturated carbocycles. The predicted octanol–water partition coefficient (Wildman–Crippen LogP) is 1.59. The fourth-order valence-corrected chi connectivity index (χ4v) is 1.43. The van der Waals surface area contributed by atoms with E-state index in [1.807, 2.05) is 0 Å². The van der Waals surface area contributed by atoms with E-state index in [2.05, 4.69) is 0 Å². The highest BCUT2D eigenvalue weighted by atomic mass is 35.5. The lowest BCUT2D eigenvalue weighted by Crippen LogP contribution is -2.20. The van der Waals surface area contributed by atoms with Crippen molar-refractivity contribution in [1.82, 2.24) is 0 Å². The third-order valence-corrected chi connectivity index (χ3v) is 2.48. The molecule has 0 aromatic heterocycles. The lowest BCUT2D eigenvalue weighted by molar-refractivity contribution is 0.229. The first-order valence-electron chi connectivity index (χ1n) is 4.42. The molecule has 0 bridgehead atoms. The van der Waals surface area contributed by atoms with Gasteiger partial charge >= 0.3 is 0 Å². The highest BCUT2D eigenvalue weighted by Gasteiger charge is 2.09. The van der Waals surface area contributed by atoms with Gasteiger partial charge in [0.15, 0.2) is 0 Å². The molecule has 1 aromatic carbocycles. The van der Waals surface area contributed by atoms with Crippen molar-refractivity contribution in [3.63, 3.8) is 0 Å². The number of halogens is 2. The van der Waals surface area contributed by atoms with Gasteiger partial charge < -0.3 is 10.8 Å². The van der Waals surface area contributed by atoms with Crippen LogP contribution in [0.5, 0.6) is 0 Å². The van der Waals surface area contributed by atoms with Gasteiger partial charge in [0.2, 0.25) is 0 Å². The Balaban J connectivity index is 2.79. The maximum absolute atomic E-state index is 12.9. The first kappa shape index (κ1) is 11.4. The van der Waals surface area contributed by atoms with Crippen molar-refractivity contribution in [2.45, 2.75) is 6.42 Å². The molecule has 0 aliphatic rings. The van der Waals surface area contributed by atoms with E-state index in [1.54, 1.807) is 0 Å². The average Bonchev–Trinajstić information content (AvgIpc) is 2.19. The van der Waals surface area contributed by atoms with E-state index in [1.165, 1.54) is 18.2 Å². The minimum atomic E-state index is -0.321. The van der Waals surface area contributed by atoms with Crippen LogP contribution in [0.3, 0.4) is 0 Å². The Morgan fingerprint density at radius 2 is 2.21 bits per heavy atom. The Labute approximate surface area is 87.5 Å². The second-order valence-corrected chi connectivity index (χ2v) is 3.63. The van der Waals surface area contributed by atoms with E-state index in [4.69, 9.17) is 22.4 Å². The molecule has 0 heterocycles. The maximum Gasteiger partial charge on any atom is 0.123 e. The first-order chi connectivity index (χ1) is 6.67. The second kappa shape index (κ2) is 5.29. The summed E-state index contributed by atoms with van der Waals surface area (Å²) in [5.74, 6) is -0.382. The van der Waals surface area contributed by atoms with E-state index in [0.717, 1.165) is 0 Å². The monoisotopic (exact) mass is 217 g/mol. The summed E-state index contributed by atoms with van der Waals surface area (Å²) in [7, 11) is 0. The number of aliphatic hydroxyl groups excluding tert-OH is 1. The van der Waals surface area contributed by atoms with Crippen molar-refractivity contribution < 1.29 is 9.50 Å². The zero-order valence-electron chi connectivity index (χ0n) is 7.71. The van der Waals surface area contributed by atoms with Crippen LogP contribution >= 0.6 is 11.6 Å². The third kappa shape index (κ3) is 2.94. The molecular weight excluding hydrogens is 205 g/mol. The molecule has 1 unspecified atom stereocenters. The number of aliphatic hydroxyl groups is 1. The topological polar surface area (TPSA) is 46.2 Å². The van der Waals surface area contributed by atoms with Crippen LogP contribution in [0.2, 0.25) is 5.02 Å². The van der Waals surface area contributed by atoms with Crippen LogP contribution in [0.25, 0.3) is 0 Å². The summed E-state index contributed by atoms with van der Waals surface area (Å²) in [6, 6.07) is 4.19. The Hall–Kier alpha value is -0.640. The lowest BCUT2D eigenvalue weighted by Gasteiger charge is -2.12. The van der Waals surface area contributed by atoms with Crippen molar-refractivity contribution >= 4 is 11.6 Å². The molecule has 0 aliphatic carbocycles. The van der Waals surface area contributed by atoms with Crippen LogP contribution in [0.15, 0.2) is 18.2 Å². The van der Waals surface area contributed by atoms with Crippen LogP contribution < -0.4 is 5.73 Å². The zero-order chi connectivity index (χ0) is 10.6. The minimum Gasteiger partial charge on any atom is -0.396 e. The van der Waals surface area contributed by atoms with Crippen molar-refractivity contribution in [2.24, 2.45) is 11.7 Å². The Kier molecular flexibility index (Phi) is 4.32. The Morgan fingerprint density at radius 3 is 2.79 bits per heavy atom. The van der Waals surface area contributed by atoms with Gasteiger partial charge in [0.25, 0.3) is 0 Å². The molecule has 0 fully saturated rings. The lowest BCUT2D eigenvalue weighted by atomic mass is 10.0. The molecule has 0 radical (unpaired) electrons. The maximum atomic E-state index is 12.9. The van der Waals surface area contributed by atoms with Crippen LogP contribution in [0.4, 0.5) is 4.39 Å². The molecular formula is C10H13ClFNO. The molecule has 0 saturated heterocycles. The quantitative estimate of drug-likeness (QED) is 0.805. The molecule has 1 rings (SSSR count). The second-order valence-electron chi connectivity index (χ2n) is 3.22. The zero-order valence-corrected chi connectivity index (χ0v) is 8.47. The SMILES string of the molecule is NCC(CO)Cc1cc(F)ccc1Cl. The fourth-order valence-electron chi connectivity index (χ4n) is 1.23. The molecule has 1 aromatic rings. The number of benzene rings is 1. The van der Waals surface area contributed by atoms with Crippen LogP contribution in [-0.2, 0) is 6.42 Å². The van der Waals surface area contributed by atoms with Crippen molar-refractivity contribution in [3.8, 4) is 0 Å². The summed E-state index contributed by atoms with van der Waals surface area (Å²) in [6.07, 6.45) is 0.504. The Morgan fingerprint density at radius 1 is 1.50 bits per heavy atom. The van der Waals surface area contributed by atoms with Gasteiger partial charge in [0.1, 0.15) is 5.82 Å². The van der Waals surface area contributed by atoms with E-state index in [-0.39, 0.29) is 18.3 Å². The van der Waals surface area contributed by atoms with Crippen LogP contribution in [0, 0.1) is 11.7 Å². The molecule has 0 spiro atoms. The summed E-state index contributed by atoms with van der Waals surface area (Å²) in [6.45, 7) is 0.354. The highest BCUT2D eigenvalue weighted by molar-refractivity contribution is 6.31. The summed E-state index contributed by atoms with van der Waals surface area (Å²) in [5.41, 5.74) is 6.11. The van der Waals surface area contributed by atoms with Crippen molar-refractivity contribution in [1.29, 1.82) is 0 Å². The van der Waals surface area contributed by atoms with Gasteiger partial charge in [-0.2, -0.15) is 0 Å². The normalized spacial score (nSPS) is 12.9. The van der Waals surface area contributed by atoms with Gasteiger partial charge in [0.05, 0.1) is 0 Å². The summed E-state index contributed by atoms with van der Waals surface area (Å²) in [4.78, 5) is 0. The molecule has 1 atom stereocenters. The standard InChI is InChI=1S/C10H13ClFNO/c11-10-2-1-9(12)4-8(10)3-7(5-13)6-14/h1-2,4,7,14H,3,5-6,13H2.